The van der Waals surface area contributed by atoms with E-state index < -0.39 is 21.0 Å². The maximum Gasteiger partial charge on any atom is -0.147 e. The first kappa shape index (κ1) is 33.6. The fourth-order valence-corrected chi connectivity index (χ4v) is 20.0. The molecule has 4 aromatic rings. The van der Waals surface area contributed by atoms with E-state index in [1.54, 1.807) is 21.0 Å². The van der Waals surface area contributed by atoms with E-state index >= 15 is 0 Å². The summed E-state index contributed by atoms with van der Waals surface area (Å²) in [6.45, 7) is 16.5. The van der Waals surface area contributed by atoms with Gasteiger partial charge in [-0.2, -0.15) is 0 Å². The van der Waals surface area contributed by atoms with Gasteiger partial charge in [0, 0.05) is 0 Å². The van der Waals surface area contributed by atoms with E-state index in [9.17, 15) is 0 Å². The van der Waals surface area contributed by atoms with Crippen molar-refractivity contribution in [3.63, 3.8) is 0 Å². The summed E-state index contributed by atoms with van der Waals surface area (Å²) in [6, 6.07) is 34.8. The van der Waals surface area contributed by atoms with Crippen molar-refractivity contribution in [1.82, 2.24) is 0 Å². The van der Waals surface area contributed by atoms with Gasteiger partial charge in [-0.25, -0.2) is 0 Å². The molecule has 222 valence electrons. The Labute approximate surface area is 279 Å². The molecule has 0 nitrogen and oxygen atoms in total. The third-order valence-electron chi connectivity index (χ3n) is 8.74. The second-order valence-electron chi connectivity index (χ2n) is 13.9. The van der Waals surface area contributed by atoms with E-state index in [1.807, 2.05) is 0 Å². The predicted octanol–water partition coefficient (Wildman–Crippen LogP) is 10.4. The van der Waals surface area contributed by atoms with Crippen LogP contribution in [0.5, 0.6) is 0 Å². The molecule has 0 radical (unpaired) electrons. The Morgan fingerprint density at radius 2 is 1.26 bits per heavy atom. The number of rotatable bonds is 4. The summed E-state index contributed by atoms with van der Waals surface area (Å²) in [7, 11) is 0. The molecule has 0 spiro atoms. The zero-order valence-electron chi connectivity index (χ0n) is 26.5. The van der Waals surface area contributed by atoms with Gasteiger partial charge in [-0.15, -0.1) is 24.8 Å². The van der Waals surface area contributed by atoms with Crippen LogP contribution in [0, 0.1) is 0 Å². The maximum absolute atomic E-state index is 2.98. The summed E-state index contributed by atoms with van der Waals surface area (Å²) in [5, 5.41) is 0. The molecule has 0 saturated heterocycles. The number of benzene rings is 4. The van der Waals surface area contributed by atoms with E-state index in [0.29, 0.717) is 0 Å². The molecule has 0 aliphatic heterocycles. The molecule has 0 atom stereocenters. The molecule has 6 rings (SSSR count). The third-order valence-corrected chi connectivity index (χ3v) is 20.0. The maximum atomic E-state index is 2.56. The van der Waals surface area contributed by atoms with Gasteiger partial charge in [-0.05, 0) is 0 Å². The Hall–Kier alpha value is -2.32. The largest absolute Gasteiger partial charge is 0.147 e. The number of allylic oxidation sites excluding steroid dienone is 4. The number of hydrogen-bond acceptors (Lipinski definition) is 0. The fraction of sp³-hybridized carbons (Fsp3) is 0.275. The quantitative estimate of drug-likeness (QED) is 0.160. The Kier molecular flexibility index (Phi) is 10.1. The molecule has 2 aliphatic rings. The summed E-state index contributed by atoms with van der Waals surface area (Å²) in [5.41, 5.74) is 13.4. The van der Waals surface area contributed by atoms with Crippen molar-refractivity contribution in [3.05, 3.63) is 145 Å². The summed E-state index contributed by atoms with van der Waals surface area (Å²) in [5.74, 6) is 0. The van der Waals surface area contributed by atoms with Gasteiger partial charge < -0.3 is 0 Å². The van der Waals surface area contributed by atoms with Crippen LogP contribution in [0.25, 0.3) is 11.1 Å². The monoisotopic (exact) mass is 774 g/mol. The molecule has 3 heteroatoms. The molecule has 4 aromatic carbocycles. The van der Waals surface area contributed by atoms with E-state index in [-0.39, 0.29) is 35.6 Å². The van der Waals surface area contributed by atoms with Crippen LogP contribution in [0.2, 0.25) is 0 Å². The minimum absolute atomic E-state index is 0. The smallest absolute Gasteiger partial charge is 0.147 e. The van der Waals surface area contributed by atoms with Crippen molar-refractivity contribution in [3.8, 4) is 11.1 Å². The SMILES string of the molecule is CC1=CC[C]([Hf](=[C](c2ccccc2)c2ccccc2)[c]2c(C(C)(C)C)ccc3c2Cc2cc(C(C)(C)C)ccc2-3)=C1.Cl.Cl. The van der Waals surface area contributed by atoms with Crippen molar-refractivity contribution in [1.29, 1.82) is 0 Å². The molecule has 0 bridgehead atoms. The van der Waals surface area contributed by atoms with Crippen molar-refractivity contribution in [2.75, 3.05) is 0 Å². The molecule has 43 heavy (non-hydrogen) atoms. The van der Waals surface area contributed by atoms with Crippen LogP contribution < -0.4 is 3.32 Å². The Balaban J connectivity index is 0.00000212. The summed E-state index contributed by atoms with van der Waals surface area (Å²) in [4.78, 5) is 0. The van der Waals surface area contributed by atoms with Gasteiger partial charge in [-0.1, -0.05) is 0 Å². The molecule has 0 N–H and O–H groups in total. The molecule has 0 saturated carbocycles. The van der Waals surface area contributed by atoms with Crippen LogP contribution in [-0.2, 0) is 38.2 Å². The Bertz CT molecular complexity index is 1690. The molecule has 2 aliphatic carbocycles. The zero-order valence-corrected chi connectivity index (χ0v) is 31.8. The van der Waals surface area contributed by atoms with Gasteiger partial charge in [0.25, 0.3) is 0 Å². The van der Waals surface area contributed by atoms with Crippen molar-refractivity contribution >= 4 is 31.4 Å². The average Bonchev–Trinajstić information content (AvgIpc) is 3.54. The van der Waals surface area contributed by atoms with Crippen LogP contribution in [0.1, 0.15) is 88.3 Å². The molecular formula is C40H44Cl2Hf. The first-order chi connectivity index (χ1) is 19.5. The molecular weight excluding hydrogens is 730 g/mol. The molecule has 0 unspecified atom stereocenters. The van der Waals surface area contributed by atoms with Gasteiger partial charge in [0.2, 0.25) is 0 Å². The second-order valence-corrected chi connectivity index (χ2v) is 22.5. The average molecular weight is 774 g/mol. The van der Waals surface area contributed by atoms with Crippen molar-refractivity contribution < 1.29 is 21.0 Å². The standard InChI is InChI=1S/C21H25.C13H10.C6H7.2ClH.Hf/c1-20(2,3)16-7-9-18-14(12-16)11-15-13-17(21(4,5)6)8-10-19(15)18;1-3-7-12(8-4-1)11-13-9-5-2-6-10-13;1-6-4-2-3-5-6;;;/h7-10,12H,11H2,1-6H3;1-10H;4-5H,2H2,1H3;2*1H;. The first-order valence-corrected chi connectivity index (χ1v) is 20.4. The summed E-state index contributed by atoms with van der Waals surface area (Å²) < 4.78 is 5.06. The zero-order chi connectivity index (χ0) is 28.9. The van der Waals surface area contributed by atoms with Gasteiger partial charge >= 0.3 is 256 Å². The first-order valence-electron chi connectivity index (χ1n) is 15.1. The van der Waals surface area contributed by atoms with Crippen LogP contribution >= 0.6 is 24.8 Å². The van der Waals surface area contributed by atoms with Crippen LogP contribution in [0.4, 0.5) is 0 Å². The van der Waals surface area contributed by atoms with Crippen molar-refractivity contribution in [2.45, 2.75) is 72.1 Å². The Morgan fingerprint density at radius 3 is 1.77 bits per heavy atom. The predicted molar refractivity (Wildman–Crippen MR) is 189 cm³/mol. The van der Waals surface area contributed by atoms with E-state index in [0.717, 1.165) is 12.8 Å². The van der Waals surface area contributed by atoms with Gasteiger partial charge in [0.05, 0.1) is 0 Å². The fourth-order valence-electron chi connectivity index (χ4n) is 6.60. The summed E-state index contributed by atoms with van der Waals surface area (Å²) in [6.07, 6.45) is 7.14. The van der Waals surface area contributed by atoms with Gasteiger partial charge in [0.1, 0.15) is 0 Å². The van der Waals surface area contributed by atoms with Crippen LogP contribution in [-0.4, -0.2) is 3.26 Å². The third kappa shape index (κ3) is 6.56. The minimum atomic E-state index is -2.98. The molecule has 0 heterocycles. The number of hydrogen-bond donors (Lipinski definition) is 0. The van der Waals surface area contributed by atoms with Crippen LogP contribution in [0.3, 0.4) is 0 Å². The minimum Gasteiger partial charge on any atom is -0.147 e. The number of halogens is 2. The second kappa shape index (κ2) is 13.0. The Morgan fingerprint density at radius 1 is 0.674 bits per heavy atom. The normalized spacial score (nSPS) is 13.7. The van der Waals surface area contributed by atoms with Gasteiger partial charge in [0.15, 0.2) is 0 Å². The van der Waals surface area contributed by atoms with E-state index in [2.05, 4.69) is 152 Å². The molecule has 0 amide bonds. The topological polar surface area (TPSA) is 0 Å². The number of fused-ring (bicyclic) bond motifs is 3. The molecule has 0 fully saturated rings. The van der Waals surface area contributed by atoms with Crippen molar-refractivity contribution in [2.24, 2.45) is 0 Å². The van der Waals surface area contributed by atoms with Gasteiger partial charge in [-0.3, -0.25) is 0 Å². The van der Waals surface area contributed by atoms with E-state index in [1.165, 1.54) is 39.0 Å². The van der Waals surface area contributed by atoms with E-state index in [4.69, 9.17) is 0 Å². The summed E-state index contributed by atoms with van der Waals surface area (Å²) >= 11 is -2.98. The van der Waals surface area contributed by atoms with Crippen LogP contribution in [0.15, 0.2) is 112 Å². The molecule has 0 aromatic heterocycles.